The molecule has 1 N–H and O–H groups in total. The van der Waals surface area contributed by atoms with Gasteiger partial charge in [0.25, 0.3) is 0 Å². The van der Waals surface area contributed by atoms with Gasteiger partial charge in [0.05, 0.1) is 22.8 Å². The highest BCUT2D eigenvalue weighted by Gasteiger charge is 2.14. The predicted octanol–water partition coefficient (Wildman–Crippen LogP) is 8.83. The SMILES string of the molecule is c1ccc(-c2ccnc(-c3ccccc3Nc3ncccc3-c3cccc(-c4nccc5ccccc45)n3)c2)cc1. The minimum absolute atomic E-state index is 0.717. The molecule has 0 fully saturated rings. The van der Waals surface area contributed by atoms with Crippen molar-refractivity contribution in [3.05, 3.63) is 146 Å². The van der Waals surface area contributed by atoms with E-state index in [0.29, 0.717) is 0 Å². The van der Waals surface area contributed by atoms with Crippen LogP contribution in [0.4, 0.5) is 11.5 Å². The number of pyridine rings is 4. The fourth-order valence-corrected chi connectivity index (χ4v) is 5.08. The van der Waals surface area contributed by atoms with E-state index < -0.39 is 0 Å². The summed E-state index contributed by atoms with van der Waals surface area (Å²) in [5.41, 5.74) is 8.45. The molecule has 7 rings (SSSR count). The molecule has 0 aliphatic carbocycles. The van der Waals surface area contributed by atoms with Crippen LogP contribution < -0.4 is 5.32 Å². The van der Waals surface area contributed by atoms with Crippen molar-refractivity contribution >= 4 is 22.3 Å². The minimum atomic E-state index is 0.717. The van der Waals surface area contributed by atoms with Gasteiger partial charge in [-0.3, -0.25) is 9.97 Å². The lowest BCUT2D eigenvalue weighted by Crippen LogP contribution is -2.00. The molecule has 0 aliphatic rings. The van der Waals surface area contributed by atoms with Gasteiger partial charge in [0, 0.05) is 40.8 Å². The molecule has 41 heavy (non-hydrogen) atoms. The summed E-state index contributed by atoms with van der Waals surface area (Å²) in [4.78, 5) is 19.1. The number of nitrogens with one attached hydrogen (secondary N) is 1. The first-order chi connectivity index (χ1) is 20.3. The summed E-state index contributed by atoms with van der Waals surface area (Å²) in [6, 6.07) is 42.9. The van der Waals surface area contributed by atoms with Gasteiger partial charge in [0.15, 0.2) is 0 Å². The maximum atomic E-state index is 5.04. The van der Waals surface area contributed by atoms with Crippen LogP contribution in [0.25, 0.3) is 55.8 Å². The van der Waals surface area contributed by atoms with E-state index >= 15 is 0 Å². The highest BCUT2D eigenvalue weighted by molar-refractivity contribution is 5.94. The molecule has 5 heteroatoms. The van der Waals surface area contributed by atoms with Gasteiger partial charge >= 0.3 is 0 Å². The monoisotopic (exact) mass is 527 g/mol. The Labute approximate surface area is 238 Å². The topological polar surface area (TPSA) is 63.6 Å². The average Bonchev–Trinajstić information content (AvgIpc) is 3.05. The van der Waals surface area contributed by atoms with Crippen molar-refractivity contribution in [2.24, 2.45) is 0 Å². The first-order valence-electron chi connectivity index (χ1n) is 13.5. The summed E-state index contributed by atoms with van der Waals surface area (Å²) in [6.45, 7) is 0. The van der Waals surface area contributed by atoms with Crippen LogP contribution in [0.2, 0.25) is 0 Å². The number of anilines is 2. The molecule has 0 saturated heterocycles. The number of benzene rings is 3. The second-order valence-electron chi connectivity index (χ2n) is 9.65. The Morgan fingerprint density at radius 3 is 2.20 bits per heavy atom. The van der Waals surface area contributed by atoms with Crippen LogP contribution in [-0.4, -0.2) is 19.9 Å². The van der Waals surface area contributed by atoms with Crippen molar-refractivity contribution in [3.63, 3.8) is 0 Å². The molecule has 4 aromatic heterocycles. The second-order valence-corrected chi connectivity index (χ2v) is 9.65. The van der Waals surface area contributed by atoms with Gasteiger partial charge in [0.2, 0.25) is 0 Å². The Bertz CT molecular complexity index is 1980. The third-order valence-corrected chi connectivity index (χ3v) is 7.07. The molecule has 4 heterocycles. The summed E-state index contributed by atoms with van der Waals surface area (Å²) in [5.74, 6) is 0.717. The zero-order chi connectivity index (χ0) is 27.4. The third kappa shape index (κ3) is 4.92. The first-order valence-corrected chi connectivity index (χ1v) is 13.5. The molecule has 0 unspecified atom stereocenters. The molecule has 0 aliphatic heterocycles. The summed E-state index contributed by atoms with van der Waals surface area (Å²) in [7, 11) is 0. The van der Waals surface area contributed by atoms with E-state index in [1.54, 1.807) is 6.20 Å². The molecule has 0 saturated carbocycles. The van der Waals surface area contributed by atoms with Crippen LogP contribution in [0, 0.1) is 0 Å². The standard InChI is InChI=1S/C36H25N5/c1-2-10-25(11-3-1)27-20-22-37-34(24-27)29-14-6-7-16-31(29)41-36-30(15-9-21-39-36)32-17-8-18-33(40-32)35-28-13-5-4-12-26(28)19-23-38-35/h1-24H,(H,39,41). The van der Waals surface area contributed by atoms with Crippen molar-refractivity contribution in [2.75, 3.05) is 5.32 Å². The molecule has 0 radical (unpaired) electrons. The molecule has 0 atom stereocenters. The number of rotatable bonds is 6. The quantitative estimate of drug-likeness (QED) is 0.234. The molecule has 194 valence electrons. The number of hydrogen-bond donors (Lipinski definition) is 1. The van der Waals surface area contributed by atoms with E-state index in [2.05, 4.69) is 52.8 Å². The molecule has 0 amide bonds. The van der Waals surface area contributed by atoms with Gasteiger partial charge in [-0.2, -0.15) is 0 Å². The van der Waals surface area contributed by atoms with Crippen molar-refractivity contribution in [1.82, 2.24) is 19.9 Å². The highest BCUT2D eigenvalue weighted by atomic mass is 15.0. The van der Waals surface area contributed by atoms with Crippen molar-refractivity contribution in [2.45, 2.75) is 0 Å². The number of para-hydroxylation sites is 1. The average molecular weight is 528 g/mol. The largest absolute Gasteiger partial charge is 0.339 e. The van der Waals surface area contributed by atoms with E-state index in [0.717, 1.165) is 67.3 Å². The second kappa shape index (κ2) is 10.8. The number of fused-ring (bicyclic) bond motifs is 1. The Balaban J connectivity index is 1.26. The maximum Gasteiger partial charge on any atom is 0.139 e. The number of nitrogens with zero attached hydrogens (tertiary/aromatic N) is 4. The van der Waals surface area contributed by atoms with E-state index in [9.17, 15) is 0 Å². The fraction of sp³-hybridized carbons (Fsp3) is 0. The summed E-state index contributed by atoms with van der Waals surface area (Å²) in [6.07, 6.45) is 5.48. The van der Waals surface area contributed by atoms with Gasteiger partial charge in [-0.25, -0.2) is 9.97 Å². The van der Waals surface area contributed by atoms with Gasteiger partial charge in [-0.1, -0.05) is 78.9 Å². The highest BCUT2D eigenvalue weighted by Crippen LogP contribution is 2.34. The predicted molar refractivity (Wildman–Crippen MR) is 167 cm³/mol. The van der Waals surface area contributed by atoms with E-state index in [4.69, 9.17) is 15.0 Å². The molecule has 3 aromatic carbocycles. The molecular weight excluding hydrogens is 502 g/mol. The number of aromatic nitrogens is 4. The molecular formula is C36H25N5. The van der Waals surface area contributed by atoms with Gasteiger partial charge in [-0.05, 0) is 65.0 Å². The van der Waals surface area contributed by atoms with Crippen LogP contribution in [0.15, 0.2) is 146 Å². The van der Waals surface area contributed by atoms with Crippen molar-refractivity contribution in [3.8, 4) is 45.0 Å². The van der Waals surface area contributed by atoms with Crippen molar-refractivity contribution < 1.29 is 0 Å². The summed E-state index contributed by atoms with van der Waals surface area (Å²) >= 11 is 0. The van der Waals surface area contributed by atoms with Crippen LogP contribution in [0.5, 0.6) is 0 Å². The maximum absolute atomic E-state index is 5.04. The van der Waals surface area contributed by atoms with Crippen LogP contribution >= 0.6 is 0 Å². The van der Waals surface area contributed by atoms with Crippen molar-refractivity contribution in [1.29, 1.82) is 0 Å². The lowest BCUT2D eigenvalue weighted by molar-refractivity contribution is 1.24. The lowest BCUT2D eigenvalue weighted by atomic mass is 10.0. The Morgan fingerprint density at radius 1 is 0.463 bits per heavy atom. The Hall–Kier alpha value is -5.68. The zero-order valence-corrected chi connectivity index (χ0v) is 22.1. The van der Waals surface area contributed by atoms with Gasteiger partial charge in [-0.15, -0.1) is 0 Å². The summed E-state index contributed by atoms with van der Waals surface area (Å²) < 4.78 is 0. The Kier molecular flexibility index (Phi) is 6.44. The van der Waals surface area contributed by atoms with Gasteiger partial charge < -0.3 is 5.32 Å². The molecule has 7 aromatic rings. The first kappa shape index (κ1) is 24.4. The Morgan fingerprint density at radius 2 is 1.24 bits per heavy atom. The van der Waals surface area contributed by atoms with E-state index in [1.807, 2.05) is 97.3 Å². The van der Waals surface area contributed by atoms with Gasteiger partial charge in [0.1, 0.15) is 5.82 Å². The normalized spacial score (nSPS) is 10.9. The summed E-state index contributed by atoms with van der Waals surface area (Å²) in [5, 5.41) is 5.79. The van der Waals surface area contributed by atoms with Crippen LogP contribution in [-0.2, 0) is 0 Å². The molecule has 0 spiro atoms. The van der Waals surface area contributed by atoms with E-state index in [1.165, 1.54) is 0 Å². The number of hydrogen-bond acceptors (Lipinski definition) is 5. The zero-order valence-electron chi connectivity index (χ0n) is 22.1. The fourth-order valence-electron chi connectivity index (χ4n) is 5.08. The van der Waals surface area contributed by atoms with E-state index in [-0.39, 0.29) is 0 Å². The third-order valence-electron chi connectivity index (χ3n) is 7.07. The smallest absolute Gasteiger partial charge is 0.139 e. The minimum Gasteiger partial charge on any atom is -0.339 e. The molecule has 0 bridgehead atoms. The van der Waals surface area contributed by atoms with Crippen LogP contribution in [0.1, 0.15) is 0 Å². The lowest BCUT2D eigenvalue weighted by Gasteiger charge is -2.15. The molecule has 5 nitrogen and oxygen atoms in total. The van der Waals surface area contributed by atoms with Crippen LogP contribution in [0.3, 0.4) is 0 Å².